The highest BCUT2D eigenvalue weighted by atomic mass is 13.8. The molecule has 0 aromatic rings. The average Bonchev–Trinajstić information content (AvgIpc) is 2.20. The van der Waals surface area contributed by atoms with E-state index in [1.807, 2.05) is 53.7 Å². The highest BCUT2D eigenvalue weighted by Crippen LogP contribution is 1.94. The molecule has 0 atom stereocenters. The Bertz CT molecular complexity index is 170. The van der Waals surface area contributed by atoms with Crippen LogP contribution >= 0.6 is 0 Å². The van der Waals surface area contributed by atoms with Crippen molar-refractivity contribution in [2.24, 2.45) is 0 Å². The average molecular weight is 222 g/mol. The van der Waals surface area contributed by atoms with Gasteiger partial charge < -0.3 is 0 Å². The first-order chi connectivity index (χ1) is 7.45. The lowest BCUT2D eigenvalue weighted by atomic mass is 10.2. The van der Waals surface area contributed by atoms with E-state index in [0.29, 0.717) is 0 Å². The molecule has 0 aromatic heterocycles. The van der Waals surface area contributed by atoms with Crippen LogP contribution in [0.1, 0.15) is 41.5 Å². The highest BCUT2D eigenvalue weighted by Gasteiger charge is 1.72. The molecule has 0 bridgehead atoms. The minimum absolute atomic E-state index is 1.06. The Morgan fingerprint density at radius 3 is 0.938 bits per heavy atom. The first-order valence-corrected chi connectivity index (χ1v) is 5.59. The smallest absolute Gasteiger partial charge is 0.0404 e. The molecule has 0 heterocycles. The van der Waals surface area contributed by atoms with Crippen molar-refractivity contribution in [2.75, 3.05) is 0 Å². The van der Waals surface area contributed by atoms with E-state index in [2.05, 4.69) is 26.3 Å². The summed E-state index contributed by atoms with van der Waals surface area (Å²) in [5.41, 5.74) is 2.13. The second-order valence-electron chi connectivity index (χ2n) is 2.84. The minimum Gasteiger partial charge on any atom is -0.103 e. The molecule has 0 nitrogen and oxygen atoms in total. The minimum atomic E-state index is 1.06. The molecule has 0 N–H and O–H groups in total. The summed E-state index contributed by atoms with van der Waals surface area (Å²) >= 11 is 0. The van der Waals surface area contributed by atoms with Crippen molar-refractivity contribution < 1.29 is 0 Å². The Hall–Kier alpha value is -1.30. The molecule has 16 heavy (non-hydrogen) atoms. The van der Waals surface area contributed by atoms with Gasteiger partial charge in [-0.05, 0) is 27.7 Å². The number of rotatable bonds is 2. The standard InChI is InChI=1S/C8H12.2C3H6.C2H6/c1-7(2)5-6-8(3)4;2*1-3-2;1-2/h5-6H,1,3H2,2,4H3;2*3H,1H2,2H3;1-2H3/b6-5-;;;. The molecule has 0 heteroatoms. The van der Waals surface area contributed by atoms with Gasteiger partial charge in [-0.1, -0.05) is 62.5 Å². The predicted octanol–water partition coefficient (Wildman–Crippen LogP) is 6.11. The highest BCUT2D eigenvalue weighted by molar-refractivity contribution is 5.20. The lowest BCUT2D eigenvalue weighted by Crippen LogP contribution is -1.62. The number of allylic oxidation sites excluding steroid dienone is 6. The van der Waals surface area contributed by atoms with Gasteiger partial charge in [-0.25, -0.2) is 0 Å². The van der Waals surface area contributed by atoms with Crippen LogP contribution in [0, 0.1) is 0 Å². The van der Waals surface area contributed by atoms with Crippen LogP contribution in [-0.2, 0) is 0 Å². The van der Waals surface area contributed by atoms with E-state index in [9.17, 15) is 0 Å². The van der Waals surface area contributed by atoms with Gasteiger partial charge in [0.05, 0.1) is 0 Å². The van der Waals surface area contributed by atoms with Crippen molar-refractivity contribution in [1.29, 1.82) is 0 Å². The molecular weight excluding hydrogens is 192 g/mol. The molecule has 0 aliphatic carbocycles. The van der Waals surface area contributed by atoms with Gasteiger partial charge in [-0.3, -0.25) is 0 Å². The van der Waals surface area contributed by atoms with E-state index in [-0.39, 0.29) is 0 Å². The van der Waals surface area contributed by atoms with Gasteiger partial charge in [0.1, 0.15) is 0 Å². The fourth-order valence-electron chi connectivity index (χ4n) is 0.285. The summed E-state index contributed by atoms with van der Waals surface area (Å²) < 4.78 is 0. The molecule has 0 aromatic carbocycles. The van der Waals surface area contributed by atoms with Gasteiger partial charge in [-0.15, -0.1) is 13.2 Å². The third-order valence-corrected chi connectivity index (χ3v) is 0.652. The van der Waals surface area contributed by atoms with Crippen LogP contribution < -0.4 is 0 Å². The van der Waals surface area contributed by atoms with Crippen LogP contribution in [0.25, 0.3) is 0 Å². The first kappa shape index (κ1) is 24.1. The van der Waals surface area contributed by atoms with E-state index in [1.165, 1.54) is 0 Å². The molecule has 0 aliphatic rings. The van der Waals surface area contributed by atoms with Crippen LogP contribution in [0.3, 0.4) is 0 Å². The molecule has 0 saturated heterocycles. The van der Waals surface area contributed by atoms with E-state index < -0.39 is 0 Å². The van der Waals surface area contributed by atoms with Crippen LogP contribution in [-0.4, -0.2) is 0 Å². The Kier molecular flexibility index (Phi) is 44.0. The van der Waals surface area contributed by atoms with Crippen molar-refractivity contribution >= 4 is 0 Å². The van der Waals surface area contributed by atoms with Crippen molar-refractivity contribution in [2.45, 2.75) is 41.5 Å². The van der Waals surface area contributed by atoms with Gasteiger partial charge in [0, 0.05) is 0 Å². The fraction of sp³-hybridized carbons (Fsp3) is 0.375. The second-order valence-corrected chi connectivity index (χ2v) is 2.84. The van der Waals surface area contributed by atoms with Gasteiger partial charge >= 0.3 is 0 Å². The Labute approximate surface area is 104 Å². The van der Waals surface area contributed by atoms with E-state index in [1.54, 1.807) is 12.2 Å². The molecule has 0 saturated carbocycles. The SMILES string of the molecule is C=C(C)/C=C\C(=C)C.C=CC.C=CC.CC. The summed E-state index contributed by atoms with van der Waals surface area (Å²) in [7, 11) is 0. The Morgan fingerprint density at radius 2 is 0.875 bits per heavy atom. The second kappa shape index (κ2) is 29.2. The molecule has 0 rings (SSSR count). The van der Waals surface area contributed by atoms with Crippen LogP contribution in [0.2, 0.25) is 0 Å². The molecular formula is C16H30. The Morgan fingerprint density at radius 1 is 0.750 bits per heavy atom. The van der Waals surface area contributed by atoms with Gasteiger partial charge in [0.2, 0.25) is 0 Å². The summed E-state index contributed by atoms with van der Waals surface area (Å²) in [6, 6.07) is 0. The van der Waals surface area contributed by atoms with Crippen molar-refractivity contribution in [3.05, 3.63) is 61.8 Å². The predicted molar refractivity (Wildman–Crippen MR) is 81.9 cm³/mol. The van der Waals surface area contributed by atoms with Gasteiger partial charge in [0.15, 0.2) is 0 Å². The topological polar surface area (TPSA) is 0 Å². The molecule has 0 spiro atoms. The fourth-order valence-corrected chi connectivity index (χ4v) is 0.285. The lowest BCUT2D eigenvalue weighted by Gasteiger charge is -1.84. The third-order valence-electron chi connectivity index (χ3n) is 0.652. The Balaban J connectivity index is -0.0000000752. The quantitative estimate of drug-likeness (QED) is 0.391. The molecule has 0 radical (unpaired) electrons. The van der Waals surface area contributed by atoms with Gasteiger partial charge in [-0.2, -0.15) is 0 Å². The number of hydrogen-bond donors (Lipinski definition) is 0. The molecule has 0 amide bonds. The maximum Gasteiger partial charge on any atom is -0.0404 e. The maximum absolute atomic E-state index is 3.70. The van der Waals surface area contributed by atoms with Crippen LogP contribution in [0.15, 0.2) is 61.8 Å². The summed E-state index contributed by atoms with van der Waals surface area (Å²) in [4.78, 5) is 0. The van der Waals surface area contributed by atoms with Crippen molar-refractivity contribution in [3.63, 3.8) is 0 Å². The number of hydrogen-bond acceptors (Lipinski definition) is 0. The summed E-state index contributed by atoms with van der Waals surface area (Å²) in [6.07, 6.45) is 7.39. The van der Waals surface area contributed by atoms with Gasteiger partial charge in [0.25, 0.3) is 0 Å². The maximum atomic E-state index is 3.70. The van der Waals surface area contributed by atoms with E-state index in [4.69, 9.17) is 0 Å². The summed E-state index contributed by atoms with van der Waals surface area (Å²) in [6.45, 7) is 25.8. The van der Waals surface area contributed by atoms with E-state index >= 15 is 0 Å². The first-order valence-electron chi connectivity index (χ1n) is 5.59. The van der Waals surface area contributed by atoms with Crippen molar-refractivity contribution in [3.8, 4) is 0 Å². The van der Waals surface area contributed by atoms with Crippen molar-refractivity contribution in [1.82, 2.24) is 0 Å². The molecule has 0 aliphatic heterocycles. The largest absolute Gasteiger partial charge is 0.103 e. The zero-order valence-corrected chi connectivity index (χ0v) is 12.1. The molecule has 0 fully saturated rings. The van der Waals surface area contributed by atoms with E-state index in [0.717, 1.165) is 11.1 Å². The molecule has 0 unspecified atom stereocenters. The third kappa shape index (κ3) is 127. The van der Waals surface area contributed by atoms with Crippen LogP contribution in [0.5, 0.6) is 0 Å². The zero-order valence-electron chi connectivity index (χ0n) is 12.1. The normalized spacial score (nSPS) is 6.88. The molecule has 94 valence electrons. The lowest BCUT2D eigenvalue weighted by molar-refractivity contribution is 1.50. The monoisotopic (exact) mass is 222 g/mol. The summed E-state index contributed by atoms with van der Waals surface area (Å²) in [5.74, 6) is 0. The summed E-state index contributed by atoms with van der Waals surface area (Å²) in [5, 5.41) is 0. The zero-order chi connectivity index (χ0) is 14.0. The van der Waals surface area contributed by atoms with Crippen LogP contribution in [0.4, 0.5) is 0 Å².